The molecule has 5 heteroatoms. The van der Waals surface area contributed by atoms with E-state index in [1.165, 1.54) is 5.56 Å². The molecule has 3 aromatic carbocycles. The second kappa shape index (κ2) is 7.43. The minimum absolute atomic E-state index is 0.143. The molecule has 4 aromatic rings. The molecular weight excluding hydrogens is 364 g/mol. The molecule has 0 aliphatic carbocycles. The Bertz CT molecular complexity index is 1210. The van der Waals surface area contributed by atoms with E-state index in [0.717, 1.165) is 39.2 Å². The summed E-state index contributed by atoms with van der Waals surface area (Å²) in [5.41, 5.74) is 5.81. The molecule has 0 aliphatic rings. The molecule has 1 aromatic heterocycles. The second-order valence-electron chi connectivity index (χ2n) is 7.18. The Kier molecular flexibility index (Phi) is 4.80. The van der Waals surface area contributed by atoms with Gasteiger partial charge in [-0.3, -0.25) is 4.79 Å². The van der Waals surface area contributed by atoms with E-state index in [0.29, 0.717) is 5.82 Å². The second-order valence-corrected chi connectivity index (χ2v) is 7.18. The molecular formula is C24H22N2O3. The number of para-hydroxylation sites is 2. The van der Waals surface area contributed by atoms with Gasteiger partial charge in [-0.15, -0.1) is 0 Å². The van der Waals surface area contributed by atoms with Gasteiger partial charge in [0.1, 0.15) is 23.9 Å². The summed E-state index contributed by atoms with van der Waals surface area (Å²) in [6.45, 7) is 6.01. The van der Waals surface area contributed by atoms with Gasteiger partial charge in [-0.25, -0.2) is 4.98 Å². The summed E-state index contributed by atoms with van der Waals surface area (Å²) in [7, 11) is 0. The first-order valence-corrected chi connectivity index (χ1v) is 9.46. The predicted octanol–water partition coefficient (Wildman–Crippen LogP) is 5.51. The lowest BCUT2D eigenvalue weighted by Gasteiger charge is -2.14. The van der Waals surface area contributed by atoms with Crippen molar-refractivity contribution < 1.29 is 14.6 Å². The van der Waals surface area contributed by atoms with Crippen LogP contribution in [0.1, 0.15) is 16.7 Å². The van der Waals surface area contributed by atoms with Crippen molar-refractivity contribution in [3.8, 4) is 22.9 Å². The largest absolute Gasteiger partial charge is 0.480 e. The number of hydrogen-bond acceptors (Lipinski definition) is 3. The maximum Gasteiger partial charge on any atom is 0.323 e. The van der Waals surface area contributed by atoms with Gasteiger partial charge in [0.25, 0.3) is 0 Å². The third-order valence-corrected chi connectivity index (χ3v) is 5.15. The van der Waals surface area contributed by atoms with Crippen molar-refractivity contribution in [1.29, 1.82) is 0 Å². The molecule has 0 spiro atoms. The normalized spacial score (nSPS) is 11.0. The summed E-state index contributed by atoms with van der Waals surface area (Å²) in [6.07, 6.45) is 0. The van der Waals surface area contributed by atoms with Crippen LogP contribution in [0, 0.1) is 20.8 Å². The predicted molar refractivity (Wildman–Crippen MR) is 114 cm³/mol. The number of carboxylic acid groups (broad SMARTS) is 1. The Balaban J connectivity index is 1.70. The lowest BCUT2D eigenvalue weighted by atomic mass is 10.1. The van der Waals surface area contributed by atoms with E-state index in [-0.39, 0.29) is 6.54 Å². The number of benzene rings is 3. The van der Waals surface area contributed by atoms with Crippen LogP contribution in [-0.4, -0.2) is 20.6 Å². The first-order chi connectivity index (χ1) is 13.9. The van der Waals surface area contributed by atoms with Gasteiger partial charge in [-0.2, -0.15) is 0 Å². The summed E-state index contributed by atoms with van der Waals surface area (Å²) in [6, 6.07) is 19.3. The Morgan fingerprint density at radius 2 is 1.66 bits per heavy atom. The fourth-order valence-corrected chi connectivity index (χ4v) is 3.46. The highest BCUT2D eigenvalue weighted by Crippen LogP contribution is 2.32. The Labute approximate surface area is 169 Å². The maximum atomic E-state index is 11.4. The van der Waals surface area contributed by atoms with Crippen molar-refractivity contribution in [3.05, 3.63) is 77.4 Å². The highest BCUT2D eigenvalue weighted by Gasteiger charge is 2.15. The Hall–Kier alpha value is -3.60. The number of carboxylic acids is 1. The van der Waals surface area contributed by atoms with Gasteiger partial charge in [-0.05, 0) is 73.9 Å². The van der Waals surface area contributed by atoms with Gasteiger partial charge >= 0.3 is 5.97 Å². The van der Waals surface area contributed by atoms with Crippen LogP contribution >= 0.6 is 0 Å². The summed E-state index contributed by atoms with van der Waals surface area (Å²) >= 11 is 0. The van der Waals surface area contributed by atoms with Crippen molar-refractivity contribution in [2.24, 2.45) is 0 Å². The van der Waals surface area contributed by atoms with E-state index in [1.54, 1.807) is 4.57 Å². The minimum atomic E-state index is -0.903. The Morgan fingerprint density at radius 3 is 2.38 bits per heavy atom. The standard InChI is InChI=1S/C24H22N2O3/c1-15-8-9-16(2)23(17(15)3)29-19-12-10-18(11-13-19)24-25-20-6-4-5-7-21(20)26(24)14-22(27)28/h4-13H,14H2,1-3H3,(H,27,28). The number of imidazole rings is 1. The zero-order valence-corrected chi connectivity index (χ0v) is 16.6. The van der Waals surface area contributed by atoms with E-state index in [1.807, 2.05) is 55.5 Å². The first-order valence-electron chi connectivity index (χ1n) is 9.46. The zero-order valence-electron chi connectivity index (χ0n) is 16.6. The maximum absolute atomic E-state index is 11.4. The highest BCUT2D eigenvalue weighted by atomic mass is 16.5. The topological polar surface area (TPSA) is 64.4 Å². The van der Waals surface area contributed by atoms with Gasteiger partial charge in [0.05, 0.1) is 11.0 Å². The summed E-state index contributed by atoms with van der Waals surface area (Å²) in [5.74, 6) is 1.32. The molecule has 5 nitrogen and oxygen atoms in total. The molecule has 0 amide bonds. The SMILES string of the molecule is Cc1ccc(C)c(Oc2ccc(-c3nc4ccccc4n3CC(=O)O)cc2)c1C. The number of aryl methyl sites for hydroxylation is 2. The van der Waals surface area contributed by atoms with Crippen molar-refractivity contribution in [2.45, 2.75) is 27.3 Å². The van der Waals surface area contributed by atoms with Crippen LogP contribution in [0.2, 0.25) is 0 Å². The number of carbonyl (C=O) groups is 1. The van der Waals surface area contributed by atoms with Crippen LogP contribution in [0.4, 0.5) is 0 Å². The van der Waals surface area contributed by atoms with E-state index in [2.05, 4.69) is 31.0 Å². The van der Waals surface area contributed by atoms with Crippen molar-refractivity contribution in [1.82, 2.24) is 9.55 Å². The fraction of sp³-hybridized carbons (Fsp3) is 0.167. The highest BCUT2D eigenvalue weighted by molar-refractivity contribution is 5.82. The summed E-state index contributed by atoms with van der Waals surface area (Å²) in [4.78, 5) is 16.0. The van der Waals surface area contributed by atoms with E-state index in [4.69, 9.17) is 4.74 Å². The van der Waals surface area contributed by atoms with Crippen molar-refractivity contribution in [3.63, 3.8) is 0 Å². The molecule has 0 atom stereocenters. The Morgan fingerprint density at radius 1 is 0.966 bits per heavy atom. The molecule has 1 N–H and O–H groups in total. The first kappa shape index (κ1) is 18.7. The average Bonchev–Trinajstić information content (AvgIpc) is 3.07. The number of aromatic nitrogens is 2. The molecule has 0 unspecified atom stereocenters. The van der Waals surface area contributed by atoms with Gasteiger partial charge in [-0.1, -0.05) is 24.3 Å². The molecule has 29 heavy (non-hydrogen) atoms. The molecule has 4 rings (SSSR count). The summed E-state index contributed by atoms with van der Waals surface area (Å²) in [5, 5.41) is 9.33. The zero-order chi connectivity index (χ0) is 20.5. The lowest BCUT2D eigenvalue weighted by Crippen LogP contribution is -2.09. The van der Waals surface area contributed by atoms with Gasteiger partial charge in [0, 0.05) is 5.56 Å². The van der Waals surface area contributed by atoms with E-state index < -0.39 is 5.97 Å². The van der Waals surface area contributed by atoms with Crippen LogP contribution in [0.25, 0.3) is 22.4 Å². The third kappa shape index (κ3) is 3.59. The van der Waals surface area contributed by atoms with Gasteiger partial charge in [0.2, 0.25) is 0 Å². The number of ether oxygens (including phenoxy) is 1. The third-order valence-electron chi connectivity index (χ3n) is 5.15. The smallest absolute Gasteiger partial charge is 0.323 e. The average molecular weight is 386 g/mol. The molecule has 146 valence electrons. The number of aliphatic carboxylic acids is 1. The molecule has 0 radical (unpaired) electrons. The number of fused-ring (bicyclic) bond motifs is 1. The van der Waals surface area contributed by atoms with Gasteiger partial charge in [0.15, 0.2) is 0 Å². The molecule has 0 saturated heterocycles. The monoisotopic (exact) mass is 386 g/mol. The van der Waals surface area contributed by atoms with Crippen LogP contribution < -0.4 is 4.74 Å². The molecule has 0 aliphatic heterocycles. The lowest BCUT2D eigenvalue weighted by molar-refractivity contribution is -0.137. The van der Waals surface area contributed by atoms with Crippen molar-refractivity contribution >= 4 is 17.0 Å². The van der Waals surface area contributed by atoms with Crippen LogP contribution in [0.3, 0.4) is 0 Å². The van der Waals surface area contributed by atoms with Crippen LogP contribution in [0.5, 0.6) is 11.5 Å². The molecule has 0 saturated carbocycles. The summed E-state index contributed by atoms with van der Waals surface area (Å²) < 4.78 is 7.87. The molecule has 1 heterocycles. The molecule has 0 bridgehead atoms. The number of hydrogen-bond donors (Lipinski definition) is 1. The minimum Gasteiger partial charge on any atom is -0.480 e. The van der Waals surface area contributed by atoms with Crippen molar-refractivity contribution in [2.75, 3.05) is 0 Å². The van der Waals surface area contributed by atoms with E-state index in [9.17, 15) is 9.90 Å². The number of rotatable bonds is 5. The van der Waals surface area contributed by atoms with E-state index >= 15 is 0 Å². The number of nitrogens with zero attached hydrogens (tertiary/aromatic N) is 2. The van der Waals surface area contributed by atoms with Gasteiger partial charge < -0.3 is 14.4 Å². The quantitative estimate of drug-likeness (QED) is 0.491. The van der Waals surface area contributed by atoms with Crippen LogP contribution in [0.15, 0.2) is 60.7 Å². The van der Waals surface area contributed by atoms with Crippen LogP contribution in [-0.2, 0) is 11.3 Å². The molecule has 0 fully saturated rings. The fourth-order valence-electron chi connectivity index (χ4n) is 3.46.